The van der Waals surface area contributed by atoms with Gasteiger partial charge in [0.2, 0.25) is 0 Å². The summed E-state index contributed by atoms with van der Waals surface area (Å²) >= 11 is 38.7. The smallest absolute Gasteiger partial charge is 0.423 e. The molecule has 22 heteroatoms. The molecule has 6 N–H and O–H groups in total. The largest absolute Gasteiger partial charge is 0.483 e. The van der Waals surface area contributed by atoms with E-state index in [0.717, 1.165) is 112 Å². The molecule has 0 unspecified atom stereocenters. The SMILES string of the molecule is Clc1cc(Br)c2[nH]ccc2c1.Clc1cc(C2=CCOCC2)c2[nH]ccc2c1.Clc1cc(C2CCOCC2)c2[nH]cc(I)c2c1.Clc1cc(C2CCOCC2)c2[nH]ccc2c1.O=[N+]([O-])c1ccc(Cl)cc1Br.OB(O)C1=CCOCC1. The van der Waals surface area contributed by atoms with Crippen LogP contribution in [0.1, 0.15) is 67.1 Å². The Balaban J connectivity index is 0.000000128. The van der Waals surface area contributed by atoms with Crippen LogP contribution in [0.15, 0.2) is 136 Å². The van der Waals surface area contributed by atoms with Crippen molar-refractivity contribution in [2.45, 2.75) is 50.4 Å². The van der Waals surface area contributed by atoms with Gasteiger partial charge in [0.1, 0.15) is 0 Å². The lowest BCUT2D eigenvalue weighted by atomic mass is 9.77. The third-order valence-corrected chi connectivity index (χ3v) is 16.9. The third kappa shape index (κ3) is 17.1. The van der Waals surface area contributed by atoms with E-state index in [0.29, 0.717) is 53.0 Å². The van der Waals surface area contributed by atoms with Gasteiger partial charge in [-0.25, -0.2) is 0 Å². The lowest BCUT2D eigenvalue weighted by Gasteiger charge is -2.23. The van der Waals surface area contributed by atoms with Crippen molar-refractivity contribution in [3.8, 4) is 0 Å². The van der Waals surface area contributed by atoms with Crippen LogP contribution in [0.25, 0.3) is 49.2 Å². The van der Waals surface area contributed by atoms with Crippen LogP contribution in [0.3, 0.4) is 0 Å². The first-order valence-electron chi connectivity index (χ1n) is 25.7. The van der Waals surface area contributed by atoms with Crippen molar-refractivity contribution in [1.82, 2.24) is 19.9 Å². The van der Waals surface area contributed by atoms with Crippen LogP contribution >= 0.6 is 112 Å². The maximum absolute atomic E-state index is 10.3. The summed E-state index contributed by atoms with van der Waals surface area (Å²) < 4.78 is 23.7. The number of nitro groups is 1. The Morgan fingerprint density at radius 3 is 1.62 bits per heavy atom. The van der Waals surface area contributed by atoms with Crippen molar-refractivity contribution in [2.75, 3.05) is 52.9 Å². The molecule has 0 radical (unpaired) electrons. The Kier molecular flexibility index (Phi) is 23.8. The second-order valence-corrected chi connectivity index (χ2v) is 23.9. The molecule has 420 valence electrons. The summed E-state index contributed by atoms with van der Waals surface area (Å²) in [6.07, 6.45) is 17.7. The molecule has 9 aromatic rings. The molecule has 13 nitrogen and oxygen atoms in total. The lowest BCUT2D eigenvalue weighted by Crippen LogP contribution is -2.20. The summed E-state index contributed by atoms with van der Waals surface area (Å²) in [5, 5.41) is 35.9. The second kappa shape index (κ2) is 30.6. The number of aromatic nitrogens is 4. The normalized spacial score (nSPS) is 15.6. The monoisotopic (exact) mass is 1420 g/mol. The van der Waals surface area contributed by atoms with Crippen molar-refractivity contribution in [3.63, 3.8) is 0 Å². The highest BCUT2D eigenvalue weighted by molar-refractivity contribution is 14.1. The number of hydrogen-bond acceptors (Lipinski definition) is 8. The van der Waals surface area contributed by atoms with Gasteiger partial charge in [0.05, 0.1) is 52.4 Å². The third-order valence-electron chi connectivity index (χ3n) is 13.7. The van der Waals surface area contributed by atoms with Gasteiger partial charge in [0.15, 0.2) is 0 Å². The fourth-order valence-electron chi connectivity index (χ4n) is 9.67. The maximum atomic E-state index is 10.3. The number of halogens is 8. The molecule has 4 aliphatic rings. The molecule has 4 aliphatic heterocycles. The van der Waals surface area contributed by atoms with Gasteiger partial charge in [-0.3, -0.25) is 10.1 Å². The molecule has 0 saturated carbocycles. The van der Waals surface area contributed by atoms with Gasteiger partial charge in [-0.1, -0.05) is 70.2 Å². The van der Waals surface area contributed by atoms with E-state index in [4.69, 9.17) is 87.0 Å². The summed E-state index contributed by atoms with van der Waals surface area (Å²) in [4.78, 5) is 22.9. The van der Waals surface area contributed by atoms with Crippen molar-refractivity contribution in [3.05, 3.63) is 192 Å². The number of fused-ring (bicyclic) bond motifs is 4. The molecule has 8 heterocycles. The topological polar surface area (TPSA) is 184 Å². The summed E-state index contributed by atoms with van der Waals surface area (Å²) in [6.45, 7) is 6.03. The Morgan fingerprint density at radius 1 is 0.562 bits per heavy atom. The molecular formula is C58H56BBr2Cl5IN5O8. The van der Waals surface area contributed by atoms with Gasteiger partial charge in [0, 0.05) is 123 Å². The Bertz CT molecular complexity index is 3600. The molecule has 13 rings (SSSR count). The number of hydrogen-bond donors (Lipinski definition) is 6. The Labute approximate surface area is 518 Å². The molecule has 2 fully saturated rings. The lowest BCUT2D eigenvalue weighted by molar-refractivity contribution is -0.385. The predicted octanol–water partition coefficient (Wildman–Crippen LogP) is 17.6. The molecule has 0 aliphatic carbocycles. The van der Waals surface area contributed by atoms with Gasteiger partial charge in [-0.15, -0.1) is 0 Å². The van der Waals surface area contributed by atoms with Gasteiger partial charge < -0.3 is 48.9 Å². The summed E-state index contributed by atoms with van der Waals surface area (Å²) in [7, 11) is -1.28. The van der Waals surface area contributed by atoms with E-state index in [-0.39, 0.29) is 5.69 Å². The number of aromatic amines is 4. The van der Waals surface area contributed by atoms with Gasteiger partial charge in [0.25, 0.3) is 5.69 Å². The zero-order valence-electron chi connectivity index (χ0n) is 43.0. The number of nitrogens with one attached hydrogen (secondary N) is 4. The molecule has 5 aromatic carbocycles. The quantitative estimate of drug-likeness (QED) is 0.0426. The molecule has 80 heavy (non-hydrogen) atoms. The van der Waals surface area contributed by atoms with Crippen LogP contribution in [-0.2, 0) is 18.9 Å². The van der Waals surface area contributed by atoms with E-state index in [9.17, 15) is 10.1 Å². The van der Waals surface area contributed by atoms with Gasteiger partial charge in [-0.05, 0) is 206 Å². The van der Waals surface area contributed by atoms with Crippen molar-refractivity contribution in [1.29, 1.82) is 0 Å². The van der Waals surface area contributed by atoms with Crippen LogP contribution in [0.4, 0.5) is 5.69 Å². The minimum atomic E-state index is -1.28. The number of nitrogens with zero attached hydrogens (tertiary/aromatic N) is 1. The molecule has 0 bridgehead atoms. The number of ether oxygens (including phenoxy) is 4. The first-order valence-corrected chi connectivity index (χ1v) is 30.2. The Hall–Kier alpha value is -3.90. The van der Waals surface area contributed by atoms with E-state index in [2.05, 4.69) is 98.7 Å². The minimum Gasteiger partial charge on any atom is -0.423 e. The van der Waals surface area contributed by atoms with E-state index in [1.54, 1.807) is 6.08 Å². The van der Waals surface area contributed by atoms with Crippen molar-refractivity contribution < 1.29 is 33.9 Å². The van der Waals surface area contributed by atoms with Crippen LogP contribution in [0.2, 0.25) is 25.1 Å². The van der Waals surface area contributed by atoms with Crippen molar-refractivity contribution in [2.24, 2.45) is 0 Å². The molecule has 0 atom stereocenters. The number of benzene rings is 5. The Morgan fingerprint density at radius 2 is 1.07 bits per heavy atom. The summed E-state index contributed by atoms with van der Waals surface area (Å²) in [6, 6.07) is 26.5. The average molecular weight is 1430 g/mol. The second-order valence-electron chi connectivity index (χ2n) is 18.9. The zero-order valence-corrected chi connectivity index (χ0v) is 52.1. The van der Waals surface area contributed by atoms with Gasteiger partial charge >= 0.3 is 7.12 Å². The number of nitro benzene ring substituents is 1. The highest BCUT2D eigenvalue weighted by Gasteiger charge is 2.22. The van der Waals surface area contributed by atoms with Crippen LogP contribution in [0.5, 0.6) is 0 Å². The van der Waals surface area contributed by atoms with Crippen LogP contribution in [0, 0.1) is 13.7 Å². The zero-order chi connectivity index (χ0) is 56.7. The molecule has 0 amide bonds. The van der Waals surface area contributed by atoms with E-state index < -0.39 is 12.0 Å². The predicted molar refractivity (Wildman–Crippen MR) is 342 cm³/mol. The van der Waals surface area contributed by atoms with E-state index >= 15 is 0 Å². The molecule has 0 spiro atoms. The number of H-pyrrole nitrogens is 4. The maximum Gasteiger partial charge on any atom is 0.483 e. The van der Waals surface area contributed by atoms with Gasteiger partial charge in [-0.2, -0.15) is 0 Å². The fraction of sp³-hybridized carbons (Fsp3) is 0.276. The number of rotatable bonds is 5. The summed E-state index contributed by atoms with van der Waals surface area (Å²) in [5.41, 5.74) is 10.6. The molecular weight excluding hydrogens is 1370 g/mol. The van der Waals surface area contributed by atoms with Crippen LogP contribution in [-0.4, -0.2) is 94.9 Å². The first kappa shape index (κ1) is 62.2. The minimum absolute atomic E-state index is 0.0226. The molecule has 2 saturated heterocycles. The fourth-order valence-corrected chi connectivity index (χ4v) is 12.7. The van der Waals surface area contributed by atoms with E-state index in [1.807, 2.05) is 73.3 Å². The summed E-state index contributed by atoms with van der Waals surface area (Å²) in [5.74, 6) is 1.15. The highest BCUT2D eigenvalue weighted by atomic mass is 127. The van der Waals surface area contributed by atoms with Crippen LogP contribution < -0.4 is 0 Å². The highest BCUT2D eigenvalue weighted by Crippen LogP contribution is 2.37. The molecule has 4 aromatic heterocycles. The van der Waals surface area contributed by atoms with E-state index in [1.165, 1.54) is 65.8 Å². The average Bonchev–Trinajstić information content (AvgIpc) is 4.32. The standard InChI is InChI=1S/C13H13ClINO.C13H14ClNO.C13H12ClNO.C8H5BrClN.C6H3BrClNO2.C5H9BO3/c14-9-5-10(8-1-3-17-4-2-8)13-11(6-9)12(15)7-16-13;2*14-11-7-10-1-4-15-13(10)12(8-11)9-2-5-16-6-3-9;9-7-4-6(10)3-5-1-2-11-8(5)7;7-5-3-4(8)1-2-6(5)9(10)11;7-6(8)5-1-3-9-4-2-5/h5-8,16H,1-4H2;1,4,7-9,15H,2-3,5-6H2;1-2,4,7-8,15H,3,5-6H2;1-4,11H;1-3H;1,7-8H,2-4H2. The first-order chi connectivity index (χ1) is 38.6. The van der Waals surface area contributed by atoms with Crippen molar-refractivity contribution >= 4 is 174 Å².